The van der Waals surface area contributed by atoms with Crippen molar-refractivity contribution in [2.45, 2.75) is 45.6 Å². The Kier molecular flexibility index (Phi) is 3.10. The molecule has 0 saturated carbocycles. The number of hydrogen-bond donors (Lipinski definition) is 1. The smallest absolute Gasteiger partial charge is 0.109 e. The molecule has 1 aliphatic heterocycles. The van der Waals surface area contributed by atoms with Crippen molar-refractivity contribution in [3.63, 3.8) is 0 Å². The van der Waals surface area contributed by atoms with Crippen molar-refractivity contribution in [2.75, 3.05) is 6.61 Å². The topological polar surface area (TPSA) is 38.0 Å². The predicted octanol–water partition coefficient (Wildman–Crippen LogP) is 1.95. The Morgan fingerprint density at radius 3 is 3.07 bits per heavy atom. The fourth-order valence-electron chi connectivity index (χ4n) is 2.41. The van der Waals surface area contributed by atoms with Crippen LogP contribution >= 0.6 is 0 Å². The number of imidazole rings is 1. The lowest BCUT2D eigenvalue weighted by Crippen LogP contribution is -2.23. The third-order valence-electron chi connectivity index (χ3n) is 3.09. The molecule has 15 heavy (non-hydrogen) atoms. The summed E-state index contributed by atoms with van der Waals surface area (Å²) in [4.78, 5) is 4.49. The number of hydrogen-bond acceptors (Lipinski definition) is 2. The van der Waals surface area contributed by atoms with Crippen molar-refractivity contribution < 1.29 is 5.11 Å². The third-order valence-corrected chi connectivity index (χ3v) is 3.09. The fraction of sp³-hybridized carbons (Fsp3) is 0.750. The molecule has 3 nitrogen and oxygen atoms in total. The molecule has 1 aliphatic rings. The van der Waals surface area contributed by atoms with Gasteiger partial charge in [-0.25, -0.2) is 4.98 Å². The average molecular weight is 208 g/mol. The summed E-state index contributed by atoms with van der Waals surface area (Å²) in [6, 6.07) is 0.269. The number of fused-ring (bicyclic) bond motifs is 1. The van der Waals surface area contributed by atoms with E-state index < -0.39 is 0 Å². The molecule has 0 aliphatic carbocycles. The van der Waals surface area contributed by atoms with Crippen LogP contribution in [0.25, 0.3) is 0 Å². The summed E-state index contributed by atoms with van der Waals surface area (Å²) in [5, 5.41) is 9.37. The molecule has 0 bridgehead atoms. The molecule has 1 atom stereocenters. The Labute approximate surface area is 91.1 Å². The van der Waals surface area contributed by atoms with Crippen LogP contribution in [0.2, 0.25) is 0 Å². The number of aryl methyl sites for hydroxylation is 1. The maximum atomic E-state index is 9.37. The molecular weight excluding hydrogens is 188 g/mol. The van der Waals surface area contributed by atoms with E-state index >= 15 is 0 Å². The van der Waals surface area contributed by atoms with Gasteiger partial charge < -0.3 is 9.67 Å². The molecule has 1 aromatic rings. The molecule has 0 saturated heterocycles. The van der Waals surface area contributed by atoms with Gasteiger partial charge >= 0.3 is 0 Å². The minimum atomic E-state index is 0.244. The second kappa shape index (κ2) is 4.35. The van der Waals surface area contributed by atoms with E-state index in [9.17, 15) is 5.11 Å². The molecule has 0 radical (unpaired) electrons. The minimum Gasteiger partial charge on any atom is -0.394 e. The normalized spacial score (nSPS) is 20.7. The molecule has 0 fully saturated rings. The number of rotatable bonds is 3. The lowest BCUT2D eigenvalue weighted by molar-refractivity contribution is 0.203. The van der Waals surface area contributed by atoms with Gasteiger partial charge in [-0.05, 0) is 25.2 Å². The standard InChI is InChI=1S/C12H20N2O/c1-9(2)6-12-13-7-10-4-3-5-11(8-15)14(10)12/h7,9,11,15H,3-6,8H2,1-2H3. The van der Waals surface area contributed by atoms with E-state index in [4.69, 9.17) is 0 Å². The van der Waals surface area contributed by atoms with E-state index in [0.29, 0.717) is 5.92 Å². The van der Waals surface area contributed by atoms with Crippen molar-refractivity contribution in [2.24, 2.45) is 5.92 Å². The van der Waals surface area contributed by atoms with E-state index in [0.717, 1.165) is 25.1 Å². The lowest BCUT2D eigenvalue weighted by Gasteiger charge is -2.26. The maximum absolute atomic E-state index is 9.37. The Balaban J connectivity index is 2.29. The molecular formula is C12H20N2O. The highest BCUT2D eigenvalue weighted by Crippen LogP contribution is 2.27. The molecule has 84 valence electrons. The first-order valence-corrected chi connectivity index (χ1v) is 5.88. The van der Waals surface area contributed by atoms with Gasteiger partial charge in [0.05, 0.1) is 12.6 Å². The molecule has 0 amide bonds. The Morgan fingerprint density at radius 1 is 1.60 bits per heavy atom. The summed E-state index contributed by atoms with van der Waals surface area (Å²) >= 11 is 0. The van der Waals surface area contributed by atoms with Crippen molar-refractivity contribution in [1.82, 2.24) is 9.55 Å². The molecule has 3 heteroatoms. The summed E-state index contributed by atoms with van der Waals surface area (Å²) in [5.41, 5.74) is 1.30. The van der Waals surface area contributed by atoms with Gasteiger partial charge in [-0.1, -0.05) is 13.8 Å². The van der Waals surface area contributed by atoms with Crippen LogP contribution in [0, 0.1) is 5.92 Å². The Hall–Kier alpha value is -0.830. The van der Waals surface area contributed by atoms with Gasteiger partial charge in [-0.15, -0.1) is 0 Å². The van der Waals surface area contributed by atoms with E-state index in [1.165, 1.54) is 12.1 Å². The van der Waals surface area contributed by atoms with Gasteiger partial charge in [0.25, 0.3) is 0 Å². The van der Waals surface area contributed by atoms with Crippen LogP contribution in [0.4, 0.5) is 0 Å². The number of nitrogens with zero attached hydrogens (tertiary/aromatic N) is 2. The first kappa shape index (κ1) is 10.7. The van der Waals surface area contributed by atoms with Crippen molar-refractivity contribution >= 4 is 0 Å². The van der Waals surface area contributed by atoms with Gasteiger partial charge in [0, 0.05) is 18.3 Å². The number of aromatic nitrogens is 2. The Bertz CT molecular complexity index is 330. The molecule has 1 aromatic heterocycles. The molecule has 2 heterocycles. The monoisotopic (exact) mass is 208 g/mol. The second-order valence-corrected chi connectivity index (χ2v) is 4.86. The molecule has 1 N–H and O–H groups in total. The van der Waals surface area contributed by atoms with Crippen LogP contribution in [0.1, 0.15) is 44.2 Å². The van der Waals surface area contributed by atoms with E-state index in [1.807, 2.05) is 6.20 Å². The van der Waals surface area contributed by atoms with Crippen molar-refractivity contribution in [3.05, 3.63) is 17.7 Å². The number of aliphatic hydroxyl groups excluding tert-OH is 1. The zero-order valence-electron chi connectivity index (χ0n) is 9.61. The van der Waals surface area contributed by atoms with Gasteiger partial charge in [0.1, 0.15) is 5.82 Å². The Morgan fingerprint density at radius 2 is 2.40 bits per heavy atom. The van der Waals surface area contributed by atoms with E-state index in [2.05, 4.69) is 23.4 Å². The lowest BCUT2D eigenvalue weighted by atomic mass is 10.0. The summed E-state index contributed by atoms with van der Waals surface area (Å²) in [5.74, 6) is 1.77. The summed E-state index contributed by atoms with van der Waals surface area (Å²) in [7, 11) is 0. The highest BCUT2D eigenvalue weighted by molar-refractivity contribution is 5.10. The van der Waals surface area contributed by atoms with Crippen LogP contribution in [0.3, 0.4) is 0 Å². The minimum absolute atomic E-state index is 0.244. The molecule has 2 rings (SSSR count). The largest absolute Gasteiger partial charge is 0.394 e. The first-order chi connectivity index (χ1) is 7.22. The van der Waals surface area contributed by atoms with Crippen LogP contribution in [-0.2, 0) is 12.8 Å². The van der Waals surface area contributed by atoms with Crippen molar-refractivity contribution in [1.29, 1.82) is 0 Å². The second-order valence-electron chi connectivity index (χ2n) is 4.86. The third kappa shape index (κ3) is 2.07. The summed E-state index contributed by atoms with van der Waals surface area (Å²) in [6.45, 7) is 4.66. The zero-order chi connectivity index (χ0) is 10.8. The first-order valence-electron chi connectivity index (χ1n) is 5.88. The van der Waals surface area contributed by atoms with E-state index in [1.54, 1.807) is 0 Å². The predicted molar refractivity (Wildman–Crippen MR) is 59.8 cm³/mol. The van der Waals surface area contributed by atoms with Gasteiger partial charge in [-0.2, -0.15) is 0 Å². The fourth-order valence-corrected chi connectivity index (χ4v) is 2.41. The van der Waals surface area contributed by atoms with Crippen LogP contribution < -0.4 is 0 Å². The zero-order valence-corrected chi connectivity index (χ0v) is 9.61. The van der Waals surface area contributed by atoms with Crippen molar-refractivity contribution in [3.8, 4) is 0 Å². The van der Waals surface area contributed by atoms with Crippen LogP contribution in [-0.4, -0.2) is 21.3 Å². The van der Waals surface area contributed by atoms with Gasteiger partial charge in [0.2, 0.25) is 0 Å². The summed E-state index contributed by atoms with van der Waals surface area (Å²) < 4.78 is 2.27. The quantitative estimate of drug-likeness (QED) is 0.824. The molecule has 1 unspecified atom stereocenters. The SMILES string of the molecule is CC(C)Cc1ncc2n1C(CO)CCC2. The maximum Gasteiger partial charge on any atom is 0.109 e. The van der Waals surface area contributed by atoms with Gasteiger partial charge in [-0.3, -0.25) is 0 Å². The number of aliphatic hydroxyl groups is 1. The van der Waals surface area contributed by atoms with E-state index in [-0.39, 0.29) is 12.6 Å². The van der Waals surface area contributed by atoms with Crippen LogP contribution in [0.15, 0.2) is 6.20 Å². The average Bonchev–Trinajstić information content (AvgIpc) is 2.61. The molecule has 0 aromatic carbocycles. The van der Waals surface area contributed by atoms with Gasteiger partial charge in [0.15, 0.2) is 0 Å². The summed E-state index contributed by atoms with van der Waals surface area (Å²) in [6.07, 6.45) is 6.38. The highest BCUT2D eigenvalue weighted by atomic mass is 16.3. The highest BCUT2D eigenvalue weighted by Gasteiger charge is 2.22. The van der Waals surface area contributed by atoms with Crippen LogP contribution in [0.5, 0.6) is 0 Å². The molecule has 0 spiro atoms.